The Bertz CT molecular complexity index is 1660. The SMILES string of the molecule is O=C(CCCCCCCC(=O)NN=Cc1ccc(OC(=O)c2ccccc2Br)cc1)NN=Cc1ccc(OC(=O)c2ccccc2Br)cc1. The van der Waals surface area contributed by atoms with Crippen molar-refractivity contribution in [3.05, 3.63) is 128 Å². The van der Waals surface area contributed by atoms with E-state index in [1.54, 1.807) is 84.9 Å². The van der Waals surface area contributed by atoms with Crippen LogP contribution in [-0.2, 0) is 9.59 Å². The molecule has 252 valence electrons. The monoisotopic (exact) mass is 788 g/mol. The lowest BCUT2D eigenvalue weighted by molar-refractivity contribution is -0.121. The molecule has 12 heteroatoms. The molecule has 4 aromatic rings. The summed E-state index contributed by atoms with van der Waals surface area (Å²) in [6, 6.07) is 27.6. The molecular formula is C37H34Br2N4O6. The van der Waals surface area contributed by atoms with Crippen LogP contribution in [0.4, 0.5) is 0 Å². The number of hydrogen-bond donors (Lipinski definition) is 2. The number of amides is 2. The molecule has 10 nitrogen and oxygen atoms in total. The maximum Gasteiger partial charge on any atom is 0.344 e. The summed E-state index contributed by atoms with van der Waals surface area (Å²) in [6.07, 6.45) is 7.82. The summed E-state index contributed by atoms with van der Waals surface area (Å²) in [5, 5.41) is 7.99. The highest BCUT2D eigenvalue weighted by Crippen LogP contribution is 2.21. The molecule has 2 N–H and O–H groups in total. The van der Waals surface area contributed by atoms with Crippen LogP contribution in [0.2, 0.25) is 0 Å². The van der Waals surface area contributed by atoms with Gasteiger partial charge in [0.15, 0.2) is 0 Å². The first kappa shape index (κ1) is 36.9. The number of rotatable bonds is 16. The number of carbonyl (C=O) groups excluding carboxylic acids is 4. The van der Waals surface area contributed by atoms with Crippen LogP contribution in [-0.4, -0.2) is 36.2 Å². The molecule has 49 heavy (non-hydrogen) atoms. The molecule has 4 rings (SSSR count). The van der Waals surface area contributed by atoms with Crippen LogP contribution in [0.1, 0.15) is 76.8 Å². The molecule has 0 saturated heterocycles. The Morgan fingerprint density at radius 2 is 0.898 bits per heavy atom. The van der Waals surface area contributed by atoms with Crippen LogP contribution in [0.3, 0.4) is 0 Å². The topological polar surface area (TPSA) is 136 Å². The Labute approximate surface area is 301 Å². The van der Waals surface area contributed by atoms with E-state index < -0.39 is 11.9 Å². The summed E-state index contributed by atoms with van der Waals surface area (Å²) >= 11 is 6.68. The van der Waals surface area contributed by atoms with Gasteiger partial charge in [-0.05, 0) is 129 Å². The number of carbonyl (C=O) groups is 4. The zero-order chi connectivity index (χ0) is 34.8. The Morgan fingerprint density at radius 1 is 0.531 bits per heavy atom. The lowest BCUT2D eigenvalue weighted by atomic mass is 10.1. The van der Waals surface area contributed by atoms with Gasteiger partial charge in [0.1, 0.15) is 11.5 Å². The van der Waals surface area contributed by atoms with Gasteiger partial charge in [-0.2, -0.15) is 10.2 Å². The summed E-state index contributed by atoms with van der Waals surface area (Å²) in [7, 11) is 0. The van der Waals surface area contributed by atoms with Crippen molar-refractivity contribution in [2.75, 3.05) is 0 Å². The van der Waals surface area contributed by atoms with E-state index in [4.69, 9.17) is 9.47 Å². The summed E-state index contributed by atoms with van der Waals surface area (Å²) in [4.78, 5) is 48.9. The van der Waals surface area contributed by atoms with E-state index in [0.29, 0.717) is 44.4 Å². The van der Waals surface area contributed by atoms with E-state index in [9.17, 15) is 19.2 Å². The highest BCUT2D eigenvalue weighted by Gasteiger charge is 2.13. The van der Waals surface area contributed by atoms with Crippen molar-refractivity contribution in [3.63, 3.8) is 0 Å². The second-order valence-corrected chi connectivity index (χ2v) is 12.4. The molecule has 0 fully saturated rings. The highest BCUT2D eigenvalue weighted by molar-refractivity contribution is 9.10. The van der Waals surface area contributed by atoms with Gasteiger partial charge < -0.3 is 9.47 Å². The fraction of sp³-hybridized carbons (Fsp3) is 0.189. The maximum atomic E-state index is 12.3. The summed E-state index contributed by atoms with van der Waals surface area (Å²) in [5.41, 5.74) is 7.39. The van der Waals surface area contributed by atoms with Crippen LogP contribution in [0.5, 0.6) is 11.5 Å². The zero-order valence-electron chi connectivity index (χ0n) is 26.4. The zero-order valence-corrected chi connectivity index (χ0v) is 29.6. The van der Waals surface area contributed by atoms with Crippen LogP contribution in [0.15, 0.2) is 116 Å². The first-order valence-corrected chi connectivity index (χ1v) is 17.1. The number of nitrogens with one attached hydrogen (secondary N) is 2. The fourth-order valence-electron chi connectivity index (χ4n) is 4.39. The second kappa shape index (κ2) is 19.8. The first-order valence-electron chi connectivity index (χ1n) is 15.6. The number of esters is 2. The van der Waals surface area contributed by atoms with E-state index in [0.717, 1.165) is 43.2 Å². The van der Waals surface area contributed by atoms with Crippen molar-refractivity contribution < 1.29 is 28.7 Å². The van der Waals surface area contributed by atoms with Crippen molar-refractivity contribution in [1.82, 2.24) is 10.9 Å². The minimum atomic E-state index is -0.465. The first-order chi connectivity index (χ1) is 23.8. The number of halogens is 2. The van der Waals surface area contributed by atoms with Gasteiger partial charge in [0.25, 0.3) is 0 Å². The molecular weight excluding hydrogens is 756 g/mol. The maximum absolute atomic E-state index is 12.3. The van der Waals surface area contributed by atoms with E-state index in [1.807, 2.05) is 12.1 Å². The van der Waals surface area contributed by atoms with Gasteiger partial charge >= 0.3 is 11.9 Å². The minimum absolute atomic E-state index is 0.177. The van der Waals surface area contributed by atoms with Crippen molar-refractivity contribution >= 4 is 68.0 Å². The molecule has 0 aliphatic heterocycles. The normalized spacial score (nSPS) is 11.0. The van der Waals surface area contributed by atoms with Gasteiger partial charge in [0, 0.05) is 21.8 Å². The van der Waals surface area contributed by atoms with Crippen LogP contribution >= 0.6 is 31.9 Å². The van der Waals surface area contributed by atoms with Gasteiger partial charge in [0.2, 0.25) is 11.8 Å². The molecule has 0 aliphatic rings. The molecule has 0 heterocycles. The second-order valence-electron chi connectivity index (χ2n) is 10.7. The lowest BCUT2D eigenvalue weighted by Gasteiger charge is -2.06. The summed E-state index contributed by atoms with van der Waals surface area (Å²) in [5.74, 6) is -0.488. The fourth-order valence-corrected chi connectivity index (χ4v) is 5.29. The third kappa shape index (κ3) is 12.9. The third-order valence-electron chi connectivity index (χ3n) is 6.98. The minimum Gasteiger partial charge on any atom is -0.423 e. The summed E-state index contributed by atoms with van der Waals surface area (Å²) < 4.78 is 12.1. The van der Waals surface area contributed by atoms with E-state index in [2.05, 4.69) is 52.9 Å². The van der Waals surface area contributed by atoms with Gasteiger partial charge in [-0.15, -0.1) is 0 Å². The molecule has 0 bridgehead atoms. The Balaban J connectivity index is 1.02. The predicted molar refractivity (Wildman–Crippen MR) is 195 cm³/mol. The molecule has 0 radical (unpaired) electrons. The van der Waals surface area contributed by atoms with Crippen LogP contribution in [0, 0.1) is 0 Å². The Hall–Kier alpha value is -4.94. The van der Waals surface area contributed by atoms with Crippen molar-refractivity contribution in [3.8, 4) is 11.5 Å². The molecule has 0 unspecified atom stereocenters. The third-order valence-corrected chi connectivity index (χ3v) is 8.37. The highest BCUT2D eigenvalue weighted by atomic mass is 79.9. The molecule has 0 aromatic heterocycles. The molecule has 0 aliphatic carbocycles. The molecule has 4 aromatic carbocycles. The lowest BCUT2D eigenvalue weighted by Crippen LogP contribution is -2.17. The van der Waals surface area contributed by atoms with Crippen LogP contribution in [0.25, 0.3) is 0 Å². The number of benzene rings is 4. The molecule has 0 spiro atoms. The predicted octanol–water partition coefficient (Wildman–Crippen LogP) is 7.98. The van der Waals surface area contributed by atoms with Gasteiger partial charge in [-0.25, -0.2) is 20.4 Å². The van der Waals surface area contributed by atoms with Gasteiger partial charge in [-0.1, -0.05) is 43.5 Å². The van der Waals surface area contributed by atoms with E-state index in [-0.39, 0.29) is 11.8 Å². The molecule has 0 atom stereocenters. The van der Waals surface area contributed by atoms with Gasteiger partial charge in [0.05, 0.1) is 23.6 Å². The van der Waals surface area contributed by atoms with E-state index >= 15 is 0 Å². The average molecular weight is 791 g/mol. The number of nitrogens with zero attached hydrogens (tertiary/aromatic N) is 2. The van der Waals surface area contributed by atoms with Crippen molar-refractivity contribution in [2.24, 2.45) is 10.2 Å². The number of hydrazone groups is 2. The largest absolute Gasteiger partial charge is 0.423 e. The number of ether oxygens (including phenoxy) is 2. The number of unbranched alkanes of at least 4 members (excludes halogenated alkanes) is 4. The summed E-state index contributed by atoms with van der Waals surface area (Å²) in [6.45, 7) is 0. The number of hydrogen-bond acceptors (Lipinski definition) is 8. The van der Waals surface area contributed by atoms with Crippen LogP contribution < -0.4 is 20.3 Å². The van der Waals surface area contributed by atoms with E-state index in [1.165, 1.54) is 12.4 Å². The Morgan fingerprint density at radius 3 is 1.29 bits per heavy atom. The van der Waals surface area contributed by atoms with Crippen molar-refractivity contribution in [1.29, 1.82) is 0 Å². The molecule has 0 saturated carbocycles. The Kier molecular flexibility index (Phi) is 14.9. The average Bonchev–Trinajstić information content (AvgIpc) is 3.09. The smallest absolute Gasteiger partial charge is 0.344 e. The van der Waals surface area contributed by atoms with Crippen molar-refractivity contribution in [2.45, 2.75) is 44.9 Å². The van der Waals surface area contributed by atoms with Gasteiger partial charge in [-0.3, -0.25) is 9.59 Å². The standard InChI is InChI=1S/C37H34Br2N4O6/c38-32-12-8-6-10-30(32)36(46)48-28-20-16-26(17-21-28)24-40-42-34(44)14-4-2-1-3-5-15-35(45)43-41-25-27-18-22-29(23-19-27)49-37(47)31-11-7-9-13-33(31)39/h6-13,16-25H,1-5,14-15H2,(H,42,44)(H,43,45). The molecule has 2 amide bonds. The quantitative estimate of drug-likeness (QED) is 0.0389.